The molecule has 5 aromatic carbocycles. The molecule has 0 unspecified atom stereocenters. The van der Waals surface area contributed by atoms with Gasteiger partial charge in [0.1, 0.15) is 11.5 Å². The van der Waals surface area contributed by atoms with Crippen molar-refractivity contribution in [3.63, 3.8) is 0 Å². The van der Waals surface area contributed by atoms with Gasteiger partial charge in [0.2, 0.25) is 5.91 Å². The van der Waals surface area contributed by atoms with E-state index in [0.717, 1.165) is 28.0 Å². The maximum Gasteiger partial charge on any atom is 0.264 e. The van der Waals surface area contributed by atoms with Gasteiger partial charge in [0.05, 0.1) is 51.6 Å². The Morgan fingerprint density at radius 3 is 2.17 bits per heavy atom. The third kappa shape index (κ3) is 7.14. The van der Waals surface area contributed by atoms with Gasteiger partial charge in [-0.15, -0.1) is 0 Å². The van der Waals surface area contributed by atoms with E-state index < -0.39 is 23.0 Å². The van der Waals surface area contributed by atoms with E-state index in [1.54, 1.807) is 48.3 Å². The number of carbonyl (C=O) groups excluding carboxylic acids is 3. The van der Waals surface area contributed by atoms with Crippen LogP contribution in [0.25, 0.3) is 0 Å². The molecule has 5 atom stereocenters. The molecule has 0 radical (unpaired) electrons. The molecule has 1 spiro atoms. The molecule has 10 nitrogen and oxygen atoms in total. The summed E-state index contributed by atoms with van der Waals surface area (Å²) >= 11 is 0. The maximum atomic E-state index is 15.4. The van der Waals surface area contributed by atoms with Crippen LogP contribution in [0.2, 0.25) is 0 Å². The second kappa shape index (κ2) is 16.0. The summed E-state index contributed by atoms with van der Waals surface area (Å²) < 4.78 is 18.1. The van der Waals surface area contributed by atoms with Crippen LogP contribution in [0.3, 0.4) is 0 Å². The summed E-state index contributed by atoms with van der Waals surface area (Å²) in [6.45, 7) is 6.88. The number of aliphatic hydroxyl groups excluding tert-OH is 1. The fourth-order valence-electron chi connectivity index (χ4n) is 9.79. The number of nitrogens with one attached hydrogen (secondary N) is 1. The van der Waals surface area contributed by atoms with Crippen molar-refractivity contribution in [1.82, 2.24) is 4.90 Å². The number of carbonyl (C=O) groups is 3. The van der Waals surface area contributed by atoms with Crippen molar-refractivity contribution in [2.45, 2.75) is 69.9 Å². The Morgan fingerprint density at radius 2 is 1.51 bits per heavy atom. The molecule has 10 heteroatoms. The van der Waals surface area contributed by atoms with E-state index in [9.17, 15) is 14.7 Å². The highest BCUT2D eigenvalue weighted by atomic mass is 16.5. The predicted octanol–water partition coefficient (Wildman–Crippen LogP) is 7.66. The molecule has 0 aliphatic carbocycles. The summed E-state index contributed by atoms with van der Waals surface area (Å²) in [4.78, 5) is 47.2. The quantitative estimate of drug-likeness (QED) is 0.141. The molecule has 2 N–H and O–H groups in total. The third-order valence-corrected chi connectivity index (χ3v) is 12.9. The van der Waals surface area contributed by atoms with E-state index in [4.69, 9.17) is 14.2 Å². The summed E-state index contributed by atoms with van der Waals surface area (Å²) in [5, 5.41) is 13.6. The van der Waals surface area contributed by atoms with Gasteiger partial charge in [-0.25, -0.2) is 0 Å². The van der Waals surface area contributed by atoms with Crippen LogP contribution < -0.4 is 19.7 Å². The largest absolute Gasteiger partial charge is 0.497 e. The Morgan fingerprint density at radius 1 is 0.864 bits per heavy atom. The van der Waals surface area contributed by atoms with Gasteiger partial charge in [0.15, 0.2) is 5.60 Å². The number of anilines is 2. The van der Waals surface area contributed by atoms with Gasteiger partial charge in [-0.3, -0.25) is 14.4 Å². The van der Waals surface area contributed by atoms with Crippen LogP contribution in [0.1, 0.15) is 65.4 Å². The topological polar surface area (TPSA) is 118 Å². The maximum absolute atomic E-state index is 15.4. The Balaban J connectivity index is 1.21. The molecule has 1 saturated heterocycles. The van der Waals surface area contributed by atoms with E-state index in [-0.39, 0.29) is 42.7 Å². The average Bonchev–Trinajstić information content (AvgIpc) is 3.68. The summed E-state index contributed by atoms with van der Waals surface area (Å²) in [5.41, 5.74) is 4.35. The molecule has 5 aromatic rings. The molecule has 0 saturated carbocycles. The first kappa shape index (κ1) is 39.8. The van der Waals surface area contributed by atoms with Gasteiger partial charge in [-0.2, -0.15) is 0 Å². The van der Waals surface area contributed by atoms with Crippen LogP contribution >= 0.6 is 0 Å². The molecule has 3 amide bonds. The number of ether oxygens (including phenoxy) is 3. The number of fused-ring (bicyclic) bond motifs is 3. The van der Waals surface area contributed by atoms with Gasteiger partial charge in [-0.05, 0) is 88.7 Å². The van der Waals surface area contributed by atoms with E-state index in [1.165, 1.54) is 0 Å². The molecule has 0 aromatic heterocycles. The van der Waals surface area contributed by atoms with Crippen LogP contribution in [-0.4, -0.2) is 60.7 Å². The smallest absolute Gasteiger partial charge is 0.264 e. The Bertz CT molecular complexity index is 2350. The number of rotatable bonds is 11. The van der Waals surface area contributed by atoms with Crippen molar-refractivity contribution in [1.29, 1.82) is 0 Å². The normalized spacial score (nSPS) is 22.2. The fraction of sp³-hybridized carbons (Fsp3) is 0.327. The van der Waals surface area contributed by atoms with Gasteiger partial charge < -0.3 is 34.4 Å². The summed E-state index contributed by atoms with van der Waals surface area (Å²) in [7, 11) is 3.21. The van der Waals surface area contributed by atoms with Crippen LogP contribution in [0.15, 0.2) is 121 Å². The van der Waals surface area contributed by atoms with E-state index in [2.05, 4.69) is 32.2 Å². The van der Waals surface area contributed by atoms with Crippen molar-refractivity contribution in [2.24, 2.45) is 11.8 Å². The molecular weight excluding hydrogens is 743 g/mol. The molecule has 8 rings (SSSR count). The van der Waals surface area contributed by atoms with Crippen molar-refractivity contribution in [3.8, 4) is 11.5 Å². The first-order valence-electron chi connectivity index (χ1n) is 20.2. The highest BCUT2D eigenvalue weighted by molar-refractivity contribution is 6.09. The van der Waals surface area contributed by atoms with E-state index in [0.29, 0.717) is 47.8 Å². The molecule has 3 aliphatic rings. The molecule has 3 heterocycles. The Hall–Kier alpha value is -5.97. The summed E-state index contributed by atoms with van der Waals surface area (Å²) in [6, 6.07) is 37.8. The summed E-state index contributed by atoms with van der Waals surface area (Å²) in [6.07, 6.45) is -0.141. The first-order valence-corrected chi connectivity index (χ1v) is 20.2. The second-order valence-electron chi connectivity index (χ2n) is 16.5. The van der Waals surface area contributed by atoms with Gasteiger partial charge >= 0.3 is 0 Å². The first-order chi connectivity index (χ1) is 28.5. The lowest BCUT2D eigenvalue weighted by atomic mass is 9.63. The number of hydrogen-bond donors (Lipinski definition) is 2. The van der Waals surface area contributed by atoms with Crippen LogP contribution in [-0.2, 0) is 44.9 Å². The molecule has 304 valence electrons. The minimum atomic E-state index is -1.49. The van der Waals surface area contributed by atoms with Gasteiger partial charge in [-0.1, -0.05) is 87.5 Å². The van der Waals surface area contributed by atoms with Crippen LogP contribution in [0, 0.1) is 11.8 Å². The van der Waals surface area contributed by atoms with Crippen molar-refractivity contribution in [3.05, 3.63) is 155 Å². The second-order valence-corrected chi connectivity index (χ2v) is 16.5. The van der Waals surface area contributed by atoms with E-state index >= 15 is 4.79 Å². The fourth-order valence-corrected chi connectivity index (χ4v) is 9.79. The molecular formula is C49H51N3O7. The van der Waals surface area contributed by atoms with E-state index in [1.807, 2.05) is 91.0 Å². The lowest BCUT2D eigenvalue weighted by Gasteiger charge is -2.40. The summed E-state index contributed by atoms with van der Waals surface area (Å²) in [5.74, 6) is -0.0740. The molecule has 0 bridgehead atoms. The van der Waals surface area contributed by atoms with Crippen molar-refractivity contribution < 1.29 is 33.7 Å². The zero-order valence-corrected chi connectivity index (χ0v) is 34.2. The number of benzene rings is 5. The average molecular weight is 794 g/mol. The number of aliphatic hydroxyl groups is 1. The zero-order valence-electron chi connectivity index (χ0n) is 34.2. The zero-order chi connectivity index (χ0) is 41.5. The molecule has 59 heavy (non-hydrogen) atoms. The Labute approximate surface area is 345 Å². The third-order valence-electron chi connectivity index (χ3n) is 12.9. The lowest BCUT2D eigenvalue weighted by Crippen LogP contribution is -2.48. The number of nitrogens with zero attached hydrogens (tertiary/aromatic N) is 2. The highest BCUT2D eigenvalue weighted by Gasteiger charge is 2.66. The molecule has 3 aliphatic heterocycles. The number of amides is 3. The van der Waals surface area contributed by atoms with Crippen LogP contribution in [0.4, 0.5) is 11.4 Å². The Kier molecular flexibility index (Phi) is 10.8. The number of methoxy groups -OCH3 is 2. The van der Waals surface area contributed by atoms with Gasteiger partial charge in [0.25, 0.3) is 11.8 Å². The standard InChI is InChI=1S/C49H51N3O7/c1-31-45(48(2,3)36-17-22-40(58-5)23-18-36)43(27-44(54)51-29-35-14-10-9-13-34(35)25-38(51)30-53)59-49(31)41-26-37(50-46(55)33-15-20-39(57-4)21-16-33)19-24-42(41)52(47(49)56)28-32-11-7-6-8-12-32/h6-24,26,31,38,43,45,53H,25,27-30H2,1-5H3,(H,50,55)/t31-,38-,43+,45-,49+/m0/s1. The van der Waals surface area contributed by atoms with Crippen molar-refractivity contribution >= 4 is 29.1 Å². The van der Waals surface area contributed by atoms with Gasteiger partial charge in [0, 0.05) is 35.2 Å². The highest BCUT2D eigenvalue weighted by Crippen LogP contribution is 2.60. The predicted molar refractivity (Wildman–Crippen MR) is 226 cm³/mol. The minimum absolute atomic E-state index is 0.00417. The monoisotopic (exact) mass is 793 g/mol. The minimum Gasteiger partial charge on any atom is -0.497 e. The molecule has 1 fully saturated rings. The SMILES string of the molecule is COc1ccc(C(=O)Nc2ccc3c(c2)[C@@]2(O[C@H](CC(=O)N4Cc5ccccc5C[C@H]4CO)[C@@H](C(C)(C)c4ccc(OC)cc4)[C@@H]2C)C(=O)N3Cc2ccccc2)cc1. The lowest BCUT2D eigenvalue weighted by molar-refractivity contribution is -0.151. The number of hydrogen-bond acceptors (Lipinski definition) is 7. The van der Waals surface area contributed by atoms with Crippen molar-refractivity contribution in [2.75, 3.05) is 31.0 Å². The van der Waals surface area contributed by atoms with Crippen LogP contribution in [0.5, 0.6) is 11.5 Å².